The summed E-state index contributed by atoms with van der Waals surface area (Å²) in [6.07, 6.45) is 15.9. The van der Waals surface area contributed by atoms with Gasteiger partial charge in [0.2, 0.25) is 0 Å². The summed E-state index contributed by atoms with van der Waals surface area (Å²) in [6, 6.07) is 4.07. The van der Waals surface area contributed by atoms with Crippen LogP contribution in [-0.4, -0.2) is 24.8 Å². The molecule has 1 aliphatic rings. The second-order valence-corrected chi connectivity index (χ2v) is 10.7. The molecule has 4 nitrogen and oxygen atoms in total. The van der Waals surface area contributed by atoms with Crippen LogP contribution in [0.3, 0.4) is 0 Å². The number of rotatable bonds is 14. The van der Waals surface area contributed by atoms with E-state index in [0.29, 0.717) is 13.2 Å². The number of fused-ring (bicyclic) bond motifs is 1. The Labute approximate surface area is 219 Å². The Kier molecular flexibility index (Phi) is 12.3. The Morgan fingerprint density at radius 3 is 2.33 bits per heavy atom. The summed E-state index contributed by atoms with van der Waals surface area (Å²) in [5.41, 5.74) is 6.48. The van der Waals surface area contributed by atoms with Crippen molar-refractivity contribution in [3.05, 3.63) is 58.2 Å². The molecule has 0 saturated heterocycles. The summed E-state index contributed by atoms with van der Waals surface area (Å²) in [4.78, 5) is 11.5. The van der Waals surface area contributed by atoms with Gasteiger partial charge in [0.15, 0.2) is 0 Å². The summed E-state index contributed by atoms with van der Waals surface area (Å²) >= 11 is 0. The number of benzene rings is 1. The second kappa shape index (κ2) is 14.9. The SMILES string of the molecule is CCOC(=O)CCOc1cc(C)c2c(c1)CC[C@@](C)(CC/C=C(\C)CC/C=C(\C)CCC=C(C)C)O2. The molecule has 0 spiro atoms. The Balaban J connectivity index is 1.82. The lowest BCUT2D eigenvalue weighted by molar-refractivity contribution is -0.143. The number of esters is 1. The van der Waals surface area contributed by atoms with E-state index in [9.17, 15) is 4.79 Å². The smallest absolute Gasteiger partial charge is 0.309 e. The molecule has 1 heterocycles. The molecule has 0 amide bonds. The van der Waals surface area contributed by atoms with Crippen molar-refractivity contribution in [2.75, 3.05) is 13.2 Å². The molecule has 0 saturated carbocycles. The van der Waals surface area contributed by atoms with E-state index in [4.69, 9.17) is 14.2 Å². The zero-order valence-electron chi connectivity index (χ0n) is 23.8. The van der Waals surface area contributed by atoms with E-state index in [2.05, 4.69) is 65.8 Å². The van der Waals surface area contributed by atoms with E-state index in [1.165, 1.54) is 22.3 Å². The van der Waals surface area contributed by atoms with Gasteiger partial charge in [0.05, 0.1) is 19.6 Å². The molecule has 36 heavy (non-hydrogen) atoms. The van der Waals surface area contributed by atoms with Crippen molar-refractivity contribution in [2.24, 2.45) is 0 Å². The van der Waals surface area contributed by atoms with Crippen LogP contribution in [0.4, 0.5) is 0 Å². The Morgan fingerprint density at radius 2 is 1.67 bits per heavy atom. The molecule has 0 radical (unpaired) electrons. The molecule has 0 bridgehead atoms. The highest BCUT2D eigenvalue weighted by Gasteiger charge is 2.32. The Morgan fingerprint density at radius 1 is 1.00 bits per heavy atom. The lowest BCUT2D eigenvalue weighted by Crippen LogP contribution is -2.36. The van der Waals surface area contributed by atoms with Crippen LogP contribution in [0, 0.1) is 6.92 Å². The first-order valence-electron chi connectivity index (χ1n) is 13.7. The van der Waals surface area contributed by atoms with Crippen molar-refractivity contribution in [2.45, 2.75) is 112 Å². The standard InChI is InChI=1S/C32H48O4/c1-8-34-30(33)18-21-35-29-22-27(6)31-28(23-29)17-20-32(7,36-31)19-11-16-26(5)15-10-14-25(4)13-9-12-24(2)3/h12,14,16,22-23H,8-11,13,15,17-21H2,1-7H3/b25-14+,26-16+/t32-/m1/s1. The molecule has 0 N–H and O–H groups in total. The summed E-state index contributed by atoms with van der Waals surface area (Å²) in [6.45, 7) is 15.7. The van der Waals surface area contributed by atoms with E-state index < -0.39 is 0 Å². The van der Waals surface area contributed by atoms with Crippen molar-refractivity contribution < 1.29 is 19.0 Å². The first-order valence-corrected chi connectivity index (χ1v) is 13.7. The van der Waals surface area contributed by atoms with Crippen LogP contribution < -0.4 is 9.47 Å². The number of allylic oxidation sites excluding steroid dienone is 6. The number of carbonyl (C=O) groups excluding carboxylic acids is 1. The summed E-state index contributed by atoms with van der Waals surface area (Å²) in [5.74, 6) is 1.57. The molecule has 200 valence electrons. The largest absolute Gasteiger partial charge is 0.493 e. The van der Waals surface area contributed by atoms with Crippen LogP contribution in [0.25, 0.3) is 0 Å². The van der Waals surface area contributed by atoms with Gasteiger partial charge in [-0.25, -0.2) is 0 Å². The number of ether oxygens (including phenoxy) is 3. The number of carbonyl (C=O) groups is 1. The second-order valence-electron chi connectivity index (χ2n) is 10.7. The van der Waals surface area contributed by atoms with Gasteiger partial charge in [0.1, 0.15) is 17.1 Å². The molecule has 0 fully saturated rings. The fourth-order valence-corrected chi connectivity index (χ4v) is 4.55. The van der Waals surface area contributed by atoms with Gasteiger partial charge in [-0.2, -0.15) is 0 Å². The first kappa shape index (κ1) is 29.7. The fraction of sp³-hybridized carbons (Fsp3) is 0.594. The molecule has 1 atom stereocenters. The Hall–Kier alpha value is -2.49. The predicted molar refractivity (Wildman–Crippen MR) is 150 cm³/mol. The van der Waals surface area contributed by atoms with E-state index >= 15 is 0 Å². The third kappa shape index (κ3) is 10.6. The molecule has 1 aromatic rings. The van der Waals surface area contributed by atoms with E-state index in [1.54, 1.807) is 0 Å². The van der Waals surface area contributed by atoms with Crippen molar-refractivity contribution >= 4 is 5.97 Å². The topological polar surface area (TPSA) is 44.8 Å². The van der Waals surface area contributed by atoms with Crippen LogP contribution in [0.1, 0.15) is 104 Å². The average molecular weight is 497 g/mol. The van der Waals surface area contributed by atoms with E-state index in [-0.39, 0.29) is 18.0 Å². The van der Waals surface area contributed by atoms with Crippen molar-refractivity contribution in [3.8, 4) is 11.5 Å². The highest BCUT2D eigenvalue weighted by atomic mass is 16.5. The minimum absolute atomic E-state index is 0.151. The molecule has 1 aliphatic heterocycles. The zero-order valence-corrected chi connectivity index (χ0v) is 23.8. The van der Waals surface area contributed by atoms with Crippen molar-refractivity contribution in [1.82, 2.24) is 0 Å². The van der Waals surface area contributed by atoms with Crippen LogP contribution >= 0.6 is 0 Å². The van der Waals surface area contributed by atoms with Crippen molar-refractivity contribution in [3.63, 3.8) is 0 Å². The van der Waals surface area contributed by atoms with Crippen LogP contribution in [-0.2, 0) is 16.0 Å². The minimum atomic E-state index is -0.225. The number of hydrogen-bond acceptors (Lipinski definition) is 4. The third-order valence-electron chi connectivity index (χ3n) is 6.77. The third-order valence-corrected chi connectivity index (χ3v) is 6.77. The van der Waals surface area contributed by atoms with Crippen LogP contribution in [0.5, 0.6) is 11.5 Å². The maximum atomic E-state index is 11.5. The van der Waals surface area contributed by atoms with Gasteiger partial charge >= 0.3 is 5.97 Å². The minimum Gasteiger partial charge on any atom is -0.493 e. The van der Waals surface area contributed by atoms with Gasteiger partial charge in [-0.05, 0) is 123 Å². The summed E-state index contributed by atoms with van der Waals surface area (Å²) in [5, 5.41) is 0. The fourth-order valence-electron chi connectivity index (χ4n) is 4.55. The predicted octanol–water partition coefficient (Wildman–Crippen LogP) is 8.61. The van der Waals surface area contributed by atoms with Gasteiger partial charge in [0.25, 0.3) is 0 Å². The van der Waals surface area contributed by atoms with Gasteiger partial charge in [0, 0.05) is 0 Å². The number of hydrogen-bond donors (Lipinski definition) is 0. The molecule has 2 rings (SSSR count). The van der Waals surface area contributed by atoms with Crippen molar-refractivity contribution in [1.29, 1.82) is 0 Å². The molecule has 0 aliphatic carbocycles. The first-order chi connectivity index (χ1) is 17.1. The summed E-state index contributed by atoms with van der Waals surface area (Å²) in [7, 11) is 0. The maximum absolute atomic E-state index is 11.5. The van der Waals surface area contributed by atoms with E-state index in [0.717, 1.165) is 68.4 Å². The van der Waals surface area contributed by atoms with E-state index in [1.807, 2.05) is 13.0 Å². The molecular formula is C32H48O4. The van der Waals surface area contributed by atoms with Crippen LogP contribution in [0.15, 0.2) is 47.1 Å². The monoisotopic (exact) mass is 496 g/mol. The van der Waals surface area contributed by atoms with Gasteiger partial charge in [-0.3, -0.25) is 4.79 Å². The van der Waals surface area contributed by atoms with Gasteiger partial charge in [-0.1, -0.05) is 34.9 Å². The lowest BCUT2D eigenvalue weighted by Gasteiger charge is -2.37. The quantitative estimate of drug-likeness (QED) is 0.191. The molecule has 0 unspecified atom stereocenters. The maximum Gasteiger partial charge on any atom is 0.309 e. The lowest BCUT2D eigenvalue weighted by atomic mass is 9.87. The number of aryl methyl sites for hydroxylation is 2. The zero-order chi connectivity index (χ0) is 26.6. The molecule has 1 aromatic carbocycles. The van der Waals surface area contributed by atoms with Gasteiger partial charge < -0.3 is 14.2 Å². The van der Waals surface area contributed by atoms with Crippen LogP contribution in [0.2, 0.25) is 0 Å². The normalized spacial score (nSPS) is 17.8. The molecule has 0 aromatic heterocycles. The van der Waals surface area contributed by atoms with Gasteiger partial charge in [-0.15, -0.1) is 0 Å². The molecular weight excluding hydrogens is 448 g/mol. The molecule has 4 heteroatoms. The summed E-state index contributed by atoms with van der Waals surface area (Å²) < 4.78 is 17.3. The highest BCUT2D eigenvalue weighted by Crippen LogP contribution is 2.40. The highest BCUT2D eigenvalue weighted by molar-refractivity contribution is 5.69. The average Bonchev–Trinajstić information content (AvgIpc) is 2.79. The Bertz CT molecular complexity index is 949.